The molecule has 1 amide bonds. The summed E-state index contributed by atoms with van der Waals surface area (Å²) < 4.78 is 4.79. The maximum absolute atomic E-state index is 11.4. The summed E-state index contributed by atoms with van der Waals surface area (Å²) in [7, 11) is 1.44. The highest BCUT2D eigenvalue weighted by Crippen LogP contribution is 2.15. The maximum atomic E-state index is 11.4. The first-order valence-corrected chi connectivity index (χ1v) is 3.91. The van der Waals surface area contributed by atoms with E-state index in [1.54, 1.807) is 12.2 Å². The standard InChI is InChI=1S/C9H8N2O2/c1-13-9-10-7-5-3-2-4-6(7)8(12)11-9/h2-6H,1H3. The number of ether oxygens (including phenoxy) is 1. The van der Waals surface area contributed by atoms with Crippen LogP contribution in [0.2, 0.25) is 0 Å². The lowest BCUT2D eigenvalue weighted by molar-refractivity contribution is -0.118. The van der Waals surface area contributed by atoms with Crippen molar-refractivity contribution in [1.29, 1.82) is 0 Å². The molecular formula is C9H8N2O2. The second-order valence-electron chi connectivity index (χ2n) is 2.70. The van der Waals surface area contributed by atoms with E-state index in [-0.39, 0.29) is 17.8 Å². The number of amidine groups is 1. The van der Waals surface area contributed by atoms with Gasteiger partial charge in [0.25, 0.3) is 5.91 Å². The second-order valence-corrected chi connectivity index (χ2v) is 2.70. The lowest BCUT2D eigenvalue weighted by atomic mass is 9.97. The van der Waals surface area contributed by atoms with E-state index in [9.17, 15) is 4.79 Å². The predicted molar refractivity (Wildman–Crippen MR) is 48.7 cm³/mol. The summed E-state index contributed by atoms with van der Waals surface area (Å²) >= 11 is 0. The zero-order valence-corrected chi connectivity index (χ0v) is 7.10. The Morgan fingerprint density at radius 2 is 2.23 bits per heavy atom. The van der Waals surface area contributed by atoms with Crippen molar-refractivity contribution in [2.75, 3.05) is 7.11 Å². The normalized spacial score (nSPS) is 25.0. The van der Waals surface area contributed by atoms with Gasteiger partial charge in [-0.25, -0.2) is 0 Å². The molecule has 1 atom stereocenters. The molecule has 0 N–H and O–H groups in total. The first kappa shape index (κ1) is 7.91. The van der Waals surface area contributed by atoms with E-state index < -0.39 is 0 Å². The van der Waals surface area contributed by atoms with Gasteiger partial charge in [0.2, 0.25) is 0 Å². The summed E-state index contributed by atoms with van der Waals surface area (Å²) in [6, 6.07) is 0.135. The minimum atomic E-state index is -0.316. The van der Waals surface area contributed by atoms with Crippen LogP contribution in [0.3, 0.4) is 0 Å². The summed E-state index contributed by atoms with van der Waals surface area (Å²) in [6.07, 6.45) is 7.21. The summed E-state index contributed by atoms with van der Waals surface area (Å²) in [6.45, 7) is 0. The van der Waals surface area contributed by atoms with Gasteiger partial charge in [-0.2, -0.15) is 9.98 Å². The highest BCUT2D eigenvalue weighted by molar-refractivity contribution is 6.20. The number of nitrogens with zero attached hydrogens (tertiary/aromatic N) is 2. The number of rotatable bonds is 0. The molecule has 4 heteroatoms. The zero-order valence-electron chi connectivity index (χ0n) is 7.10. The van der Waals surface area contributed by atoms with Crippen molar-refractivity contribution >= 4 is 17.6 Å². The third-order valence-corrected chi connectivity index (χ3v) is 1.88. The minimum absolute atomic E-state index is 0.135. The molecule has 0 spiro atoms. The van der Waals surface area contributed by atoms with Gasteiger partial charge in [-0.3, -0.25) is 4.79 Å². The largest absolute Gasteiger partial charge is 0.467 e. The van der Waals surface area contributed by atoms with Crippen molar-refractivity contribution in [3.05, 3.63) is 24.3 Å². The Balaban J connectivity index is 2.39. The van der Waals surface area contributed by atoms with E-state index >= 15 is 0 Å². The number of methoxy groups -OCH3 is 1. The fourth-order valence-corrected chi connectivity index (χ4v) is 1.24. The average Bonchev–Trinajstić information content (AvgIpc) is 2.18. The molecule has 1 aliphatic heterocycles. The fraction of sp³-hybridized carbons (Fsp3) is 0.222. The lowest BCUT2D eigenvalue weighted by Crippen LogP contribution is -2.27. The third kappa shape index (κ3) is 1.30. The lowest BCUT2D eigenvalue weighted by Gasteiger charge is -2.16. The van der Waals surface area contributed by atoms with Crippen LogP contribution in [-0.4, -0.2) is 24.8 Å². The number of hydrogen-bond acceptors (Lipinski definition) is 3. The number of carbonyl (C=O) groups excluding carboxylic acids is 1. The van der Waals surface area contributed by atoms with Gasteiger partial charge in [-0.1, -0.05) is 18.2 Å². The Morgan fingerprint density at radius 3 is 3.00 bits per heavy atom. The molecule has 13 heavy (non-hydrogen) atoms. The molecule has 0 saturated heterocycles. The van der Waals surface area contributed by atoms with E-state index in [2.05, 4.69) is 9.98 Å². The van der Waals surface area contributed by atoms with Gasteiger partial charge >= 0.3 is 6.02 Å². The quantitative estimate of drug-likeness (QED) is 0.545. The van der Waals surface area contributed by atoms with E-state index in [0.717, 1.165) is 0 Å². The Morgan fingerprint density at radius 1 is 1.38 bits per heavy atom. The molecule has 0 aromatic carbocycles. The van der Waals surface area contributed by atoms with Gasteiger partial charge in [-0.15, -0.1) is 0 Å². The molecule has 2 aliphatic rings. The van der Waals surface area contributed by atoms with Crippen LogP contribution in [0, 0.1) is 5.92 Å². The highest BCUT2D eigenvalue weighted by Gasteiger charge is 2.26. The molecule has 1 unspecified atom stereocenters. The van der Waals surface area contributed by atoms with E-state index in [0.29, 0.717) is 5.71 Å². The Labute approximate surface area is 75.3 Å². The maximum Gasteiger partial charge on any atom is 0.319 e. The monoisotopic (exact) mass is 176 g/mol. The van der Waals surface area contributed by atoms with Crippen LogP contribution in [0.15, 0.2) is 34.3 Å². The van der Waals surface area contributed by atoms with E-state index in [1.165, 1.54) is 7.11 Å². The van der Waals surface area contributed by atoms with Crippen molar-refractivity contribution < 1.29 is 9.53 Å². The highest BCUT2D eigenvalue weighted by atomic mass is 16.5. The Hall–Kier alpha value is -1.71. The molecule has 2 rings (SSSR count). The number of hydrogen-bond donors (Lipinski definition) is 0. The van der Waals surface area contributed by atoms with Gasteiger partial charge < -0.3 is 4.74 Å². The number of amides is 1. The molecule has 66 valence electrons. The number of allylic oxidation sites excluding steroid dienone is 3. The van der Waals surface area contributed by atoms with E-state index in [4.69, 9.17) is 4.74 Å². The summed E-state index contributed by atoms with van der Waals surface area (Å²) in [5.74, 6) is -0.536. The molecule has 0 fully saturated rings. The molecule has 0 aromatic rings. The fourth-order valence-electron chi connectivity index (χ4n) is 1.24. The summed E-state index contributed by atoms with van der Waals surface area (Å²) in [5.41, 5.74) is 0.694. The van der Waals surface area contributed by atoms with E-state index in [1.807, 2.05) is 12.2 Å². The van der Waals surface area contributed by atoms with Gasteiger partial charge in [0.05, 0.1) is 12.8 Å². The minimum Gasteiger partial charge on any atom is -0.467 e. The van der Waals surface area contributed by atoms with Crippen molar-refractivity contribution in [2.45, 2.75) is 0 Å². The first-order chi connectivity index (χ1) is 6.31. The zero-order chi connectivity index (χ0) is 9.26. The van der Waals surface area contributed by atoms with Crippen LogP contribution in [0.1, 0.15) is 0 Å². The number of carbonyl (C=O) groups is 1. The Kier molecular flexibility index (Phi) is 1.81. The molecule has 0 aromatic heterocycles. The summed E-state index contributed by atoms with van der Waals surface area (Å²) in [5, 5.41) is 0. The molecule has 0 bridgehead atoms. The third-order valence-electron chi connectivity index (χ3n) is 1.88. The van der Waals surface area contributed by atoms with Crippen LogP contribution < -0.4 is 0 Å². The summed E-state index contributed by atoms with van der Waals surface area (Å²) in [4.78, 5) is 19.1. The number of aliphatic imine (C=N–C) groups is 2. The smallest absolute Gasteiger partial charge is 0.319 e. The molecule has 0 radical (unpaired) electrons. The molecular weight excluding hydrogens is 168 g/mol. The van der Waals surface area contributed by atoms with Crippen molar-refractivity contribution in [3.8, 4) is 0 Å². The molecule has 1 aliphatic carbocycles. The molecule has 4 nitrogen and oxygen atoms in total. The first-order valence-electron chi connectivity index (χ1n) is 3.91. The van der Waals surface area contributed by atoms with Gasteiger partial charge in [-0.05, 0) is 6.08 Å². The van der Waals surface area contributed by atoms with Crippen LogP contribution in [0.5, 0.6) is 0 Å². The van der Waals surface area contributed by atoms with Crippen LogP contribution in [-0.2, 0) is 9.53 Å². The van der Waals surface area contributed by atoms with Crippen LogP contribution >= 0.6 is 0 Å². The Bertz CT molecular complexity index is 364. The molecule has 1 heterocycles. The second kappa shape index (κ2) is 2.97. The number of fused-ring (bicyclic) bond motifs is 1. The molecule has 0 saturated carbocycles. The van der Waals surface area contributed by atoms with Gasteiger partial charge in [0, 0.05) is 0 Å². The van der Waals surface area contributed by atoms with Crippen LogP contribution in [0.25, 0.3) is 0 Å². The predicted octanol–water partition coefficient (Wildman–Crippen LogP) is 0.712. The topological polar surface area (TPSA) is 51.0 Å². The van der Waals surface area contributed by atoms with Crippen molar-refractivity contribution in [1.82, 2.24) is 0 Å². The van der Waals surface area contributed by atoms with Crippen LogP contribution in [0.4, 0.5) is 0 Å². The average molecular weight is 176 g/mol. The van der Waals surface area contributed by atoms with Crippen molar-refractivity contribution in [2.24, 2.45) is 15.9 Å². The van der Waals surface area contributed by atoms with Crippen molar-refractivity contribution in [3.63, 3.8) is 0 Å². The van der Waals surface area contributed by atoms with Gasteiger partial charge in [0.15, 0.2) is 0 Å². The van der Waals surface area contributed by atoms with Gasteiger partial charge in [0.1, 0.15) is 5.92 Å². The SMILES string of the molecule is COC1=NC(=O)C2C=CC=CC2=N1.